The monoisotopic (exact) mass is 490 g/mol. The number of aromatic nitrogens is 3. The second-order valence-corrected chi connectivity index (χ2v) is 10.8. The number of carbonyl (C=O) groups is 2. The van der Waals surface area contributed by atoms with Gasteiger partial charge in [0.2, 0.25) is 11.9 Å². The van der Waals surface area contributed by atoms with Crippen LogP contribution in [-0.2, 0) is 4.79 Å². The van der Waals surface area contributed by atoms with Crippen molar-refractivity contribution in [2.45, 2.75) is 50.7 Å². The van der Waals surface area contributed by atoms with Crippen molar-refractivity contribution in [3.8, 4) is 0 Å². The molecule has 5 heterocycles. The Morgan fingerprint density at radius 3 is 2.75 bits per heavy atom. The van der Waals surface area contributed by atoms with Crippen LogP contribution >= 0.6 is 0 Å². The fourth-order valence-corrected chi connectivity index (χ4v) is 6.27. The Labute approximate surface area is 210 Å². The van der Waals surface area contributed by atoms with E-state index in [1.807, 2.05) is 24.0 Å². The van der Waals surface area contributed by atoms with E-state index in [-0.39, 0.29) is 35.9 Å². The van der Waals surface area contributed by atoms with E-state index in [0.29, 0.717) is 23.4 Å². The molecule has 2 aromatic heterocycles. The third kappa shape index (κ3) is 3.87. The summed E-state index contributed by atoms with van der Waals surface area (Å²) in [4.78, 5) is 43.6. The predicted octanol–water partition coefficient (Wildman–Crippen LogP) is 2.06. The van der Waals surface area contributed by atoms with Crippen molar-refractivity contribution in [1.82, 2.24) is 29.7 Å². The molecule has 10 heteroatoms. The molecule has 3 fully saturated rings. The van der Waals surface area contributed by atoms with Crippen molar-refractivity contribution in [3.63, 3.8) is 0 Å². The Kier molecular flexibility index (Phi) is 5.78. The first-order chi connectivity index (χ1) is 17.4. The van der Waals surface area contributed by atoms with E-state index in [9.17, 15) is 9.59 Å². The third-order valence-corrected chi connectivity index (χ3v) is 8.15. The molecule has 3 aliphatic heterocycles. The maximum Gasteiger partial charge on any atom is 0.270 e. The van der Waals surface area contributed by atoms with Gasteiger partial charge >= 0.3 is 0 Å². The molecule has 1 saturated carbocycles. The van der Waals surface area contributed by atoms with Gasteiger partial charge in [0, 0.05) is 57.3 Å². The fraction of sp³-hybridized carbons (Fsp3) is 0.577. The molecular weight excluding hydrogens is 456 g/mol. The zero-order valence-electron chi connectivity index (χ0n) is 21.1. The lowest BCUT2D eigenvalue weighted by Gasteiger charge is -2.31. The highest BCUT2D eigenvalue weighted by molar-refractivity contribution is 6.04. The number of hydrogen-bond donors (Lipinski definition) is 2. The molecule has 2 aromatic rings. The van der Waals surface area contributed by atoms with Gasteiger partial charge in [-0.1, -0.05) is 18.9 Å². The summed E-state index contributed by atoms with van der Waals surface area (Å²) >= 11 is 0. The Hall–Kier alpha value is -3.27. The van der Waals surface area contributed by atoms with E-state index in [0.717, 1.165) is 56.4 Å². The van der Waals surface area contributed by atoms with Gasteiger partial charge in [-0.15, -0.1) is 0 Å². The zero-order valence-corrected chi connectivity index (χ0v) is 21.1. The number of amidine groups is 1. The number of aliphatic imine (C=N–C) groups is 1. The smallest absolute Gasteiger partial charge is 0.270 e. The molecule has 2 amide bonds. The minimum absolute atomic E-state index is 0.0229. The summed E-state index contributed by atoms with van der Waals surface area (Å²) in [6.45, 7) is 4.53. The summed E-state index contributed by atoms with van der Waals surface area (Å²) in [5, 5.41) is 7.46. The maximum absolute atomic E-state index is 12.9. The Morgan fingerprint density at radius 1 is 1.22 bits per heavy atom. The second-order valence-electron chi connectivity index (χ2n) is 10.8. The van der Waals surface area contributed by atoms with Gasteiger partial charge in [-0.2, -0.15) is 4.98 Å². The first-order valence-electron chi connectivity index (χ1n) is 13.0. The van der Waals surface area contributed by atoms with Crippen molar-refractivity contribution in [3.05, 3.63) is 30.1 Å². The number of amides is 2. The van der Waals surface area contributed by atoms with Crippen LogP contribution in [0.2, 0.25) is 0 Å². The summed E-state index contributed by atoms with van der Waals surface area (Å²) in [5.74, 6) is 1.86. The lowest BCUT2D eigenvalue weighted by Crippen LogP contribution is -2.45. The number of likely N-dealkylation sites (tertiary alicyclic amines) is 1. The highest BCUT2D eigenvalue weighted by atomic mass is 16.2. The number of fused-ring (bicyclic) bond motifs is 2. The number of hydrogen-bond acceptors (Lipinski definition) is 7. The largest absolute Gasteiger partial charge is 0.343 e. The van der Waals surface area contributed by atoms with Gasteiger partial charge in [0.25, 0.3) is 5.91 Å². The van der Waals surface area contributed by atoms with E-state index in [2.05, 4.69) is 26.3 Å². The van der Waals surface area contributed by atoms with Crippen LogP contribution in [0.25, 0.3) is 11.0 Å². The highest BCUT2D eigenvalue weighted by Gasteiger charge is 2.46. The molecule has 6 rings (SSSR count). The number of nitrogens with one attached hydrogen (secondary N) is 2. The molecule has 1 aliphatic carbocycles. The number of dihydropyridines is 1. The molecule has 0 radical (unpaired) electrons. The number of nitrogens with zero attached hydrogens (tertiary/aromatic N) is 6. The lowest BCUT2D eigenvalue weighted by molar-refractivity contribution is -0.132. The molecule has 0 bridgehead atoms. The van der Waals surface area contributed by atoms with Crippen LogP contribution in [0.5, 0.6) is 0 Å². The topological polar surface area (TPSA) is 108 Å². The molecule has 4 aliphatic rings. The van der Waals surface area contributed by atoms with E-state index >= 15 is 0 Å². The van der Waals surface area contributed by atoms with Gasteiger partial charge in [0.15, 0.2) is 0 Å². The van der Waals surface area contributed by atoms with Crippen LogP contribution in [-0.4, -0.2) is 87.8 Å². The van der Waals surface area contributed by atoms with E-state index in [4.69, 9.17) is 9.98 Å². The number of anilines is 1. The SMILES string of the molecule is CC1N=C(Nc2ncc3cc(C(=O)N(C)C)n(C4CCCC4)c3n2)C=CC1N1CC2CNCC2C1=O. The fourth-order valence-electron chi connectivity index (χ4n) is 6.27. The van der Waals surface area contributed by atoms with Crippen molar-refractivity contribution >= 4 is 34.6 Å². The standard InChI is InChI=1S/C26H34N8O2/c1-15-20(33-14-17-11-27-13-19(17)24(33)35)8-9-22(29-15)30-26-28-12-16-10-21(25(36)32(2)3)34(23(16)31-26)18-6-4-5-7-18/h8-10,12,15,17-20,27H,4-7,11,13-14H2,1-3H3,(H,28,29,30,31). The van der Waals surface area contributed by atoms with Gasteiger partial charge in [0.1, 0.15) is 17.2 Å². The van der Waals surface area contributed by atoms with Crippen LogP contribution in [0.15, 0.2) is 29.4 Å². The van der Waals surface area contributed by atoms with Crippen LogP contribution in [0, 0.1) is 11.8 Å². The van der Waals surface area contributed by atoms with E-state index < -0.39 is 0 Å². The first kappa shape index (κ1) is 23.1. The van der Waals surface area contributed by atoms with Crippen LogP contribution in [0.3, 0.4) is 0 Å². The summed E-state index contributed by atoms with van der Waals surface area (Å²) < 4.78 is 2.11. The second kappa shape index (κ2) is 8.99. The van der Waals surface area contributed by atoms with Crippen LogP contribution < -0.4 is 10.6 Å². The zero-order chi connectivity index (χ0) is 25.0. The van der Waals surface area contributed by atoms with Crippen molar-refractivity contribution < 1.29 is 9.59 Å². The molecule has 10 nitrogen and oxygen atoms in total. The molecule has 190 valence electrons. The maximum atomic E-state index is 12.9. The van der Waals surface area contributed by atoms with Gasteiger partial charge < -0.3 is 25.0 Å². The minimum atomic E-state index is -0.0661. The summed E-state index contributed by atoms with van der Waals surface area (Å²) in [5.41, 5.74) is 1.44. The Morgan fingerprint density at radius 2 is 2.03 bits per heavy atom. The van der Waals surface area contributed by atoms with Crippen LogP contribution in [0.4, 0.5) is 5.95 Å². The lowest BCUT2D eigenvalue weighted by atomic mass is 10.0. The minimum Gasteiger partial charge on any atom is -0.343 e. The van der Waals surface area contributed by atoms with Gasteiger partial charge in [0.05, 0.1) is 18.0 Å². The van der Waals surface area contributed by atoms with Crippen molar-refractivity contribution in [2.24, 2.45) is 16.8 Å². The molecular formula is C26H34N8O2. The molecule has 0 spiro atoms. The third-order valence-electron chi connectivity index (χ3n) is 8.15. The average Bonchev–Trinajstić information content (AvgIpc) is 3.64. The summed E-state index contributed by atoms with van der Waals surface area (Å²) in [6.07, 6.45) is 10.2. The molecule has 0 aromatic carbocycles. The predicted molar refractivity (Wildman–Crippen MR) is 138 cm³/mol. The first-order valence-corrected chi connectivity index (χ1v) is 13.0. The molecule has 36 heavy (non-hydrogen) atoms. The van der Waals surface area contributed by atoms with E-state index in [1.165, 1.54) is 0 Å². The van der Waals surface area contributed by atoms with Crippen molar-refractivity contribution in [2.75, 3.05) is 39.0 Å². The van der Waals surface area contributed by atoms with Gasteiger partial charge in [-0.25, -0.2) is 4.98 Å². The highest BCUT2D eigenvalue weighted by Crippen LogP contribution is 2.35. The summed E-state index contributed by atoms with van der Waals surface area (Å²) in [7, 11) is 3.55. The molecule has 4 atom stereocenters. The quantitative estimate of drug-likeness (QED) is 0.679. The van der Waals surface area contributed by atoms with E-state index in [1.54, 1.807) is 25.2 Å². The molecule has 2 N–H and O–H groups in total. The van der Waals surface area contributed by atoms with Crippen molar-refractivity contribution in [1.29, 1.82) is 0 Å². The van der Waals surface area contributed by atoms with Crippen LogP contribution in [0.1, 0.15) is 49.1 Å². The average molecular weight is 491 g/mol. The molecule has 2 saturated heterocycles. The summed E-state index contributed by atoms with van der Waals surface area (Å²) in [6, 6.07) is 2.08. The van der Waals surface area contributed by atoms with Gasteiger partial charge in [-0.3, -0.25) is 14.6 Å². The van der Waals surface area contributed by atoms with Gasteiger partial charge in [-0.05, 0) is 31.9 Å². The molecule has 4 unspecified atom stereocenters. The normalized spacial score (nSPS) is 28.1. The Bertz CT molecular complexity index is 1260. The number of carbonyl (C=O) groups excluding carboxylic acids is 2. The Balaban J connectivity index is 1.24. The number of rotatable bonds is 4.